The van der Waals surface area contributed by atoms with E-state index in [4.69, 9.17) is 14.2 Å². The van der Waals surface area contributed by atoms with Crippen molar-refractivity contribution in [3.05, 3.63) is 48.0 Å². The van der Waals surface area contributed by atoms with Crippen LogP contribution in [0.15, 0.2) is 42.5 Å². The third-order valence-electron chi connectivity index (χ3n) is 7.09. The van der Waals surface area contributed by atoms with Crippen LogP contribution in [0.3, 0.4) is 0 Å². The van der Waals surface area contributed by atoms with Crippen LogP contribution in [-0.2, 0) is 4.79 Å². The van der Waals surface area contributed by atoms with Crippen LogP contribution in [0.25, 0.3) is 0 Å². The Morgan fingerprint density at radius 3 is 2.50 bits per heavy atom. The first kappa shape index (κ1) is 22.5. The zero-order valence-electron chi connectivity index (χ0n) is 19.5. The molecule has 1 atom stereocenters. The molecule has 2 aliphatic heterocycles. The van der Waals surface area contributed by atoms with E-state index in [2.05, 4.69) is 10.2 Å². The molecule has 2 amide bonds. The molecule has 0 bridgehead atoms. The highest BCUT2D eigenvalue weighted by molar-refractivity contribution is 5.97. The van der Waals surface area contributed by atoms with Gasteiger partial charge in [-0.3, -0.25) is 14.5 Å². The third kappa shape index (κ3) is 4.55. The lowest BCUT2D eigenvalue weighted by molar-refractivity contribution is -0.123. The summed E-state index contributed by atoms with van der Waals surface area (Å²) in [6.45, 7) is 2.69. The van der Waals surface area contributed by atoms with Gasteiger partial charge in [0.05, 0.1) is 18.7 Å². The van der Waals surface area contributed by atoms with Crippen LogP contribution in [0.5, 0.6) is 17.2 Å². The maximum atomic E-state index is 13.5. The van der Waals surface area contributed by atoms with E-state index in [-0.39, 0.29) is 24.6 Å². The minimum atomic E-state index is -0.212. The first-order chi connectivity index (χ1) is 16.6. The first-order valence-electron chi connectivity index (χ1n) is 12.0. The molecule has 8 nitrogen and oxygen atoms in total. The number of rotatable bonds is 6. The van der Waals surface area contributed by atoms with Gasteiger partial charge >= 0.3 is 0 Å². The summed E-state index contributed by atoms with van der Waals surface area (Å²) in [4.78, 5) is 30.7. The number of benzene rings is 2. The van der Waals surface area contributed by atoms with Crippen LogP contribution in [0.4, 0.5) is 5.69 Å². The average Bonchev–Trinajstić information content (AvgIpc) is 3.56. The molecule has 5 rings (SSSR count). The fourth-order valence-electron chi connectivity index (χ4n) is 5.34. The molecular weight excluding hydrogens is 434 g/mol. The van der Waals surface area contributed by atoms with Gasteiger partial charge in [-0.2, -0.15) is 0 Å². The van der Waals surface area contributed by atoms with Gasteiger partial charge < -0.3 is 24.4 Å². The van der Waals surface area contributed by atoms with Gasteiger partial charge in [0.15, 0.2) is 11.5 Å². The Hall–Kier alpha value is -3.26. The normalized spacial score (nSPS) is 19.1. The molecule has 2 fully saturated rings. The maximum Gasteiger partial charge on any atom is 0.257 e. The van der Waals surface area contributed by atoms with E-state index in [1.165, 1.54) is 0 Å². The number of carbonyl (C=O) groups is 2. The number of piperazine rings is 1. The molecule has 34 heavy (non-hydrogen) atoms. The highest BCUT2D eigenvalue weighted by Gasteiger charge is 2.37. The van der Waals surface area contributed by atoms with Crippen molar-refractivity contribution in [3.8, 4) is 17.2 Å². The van der Waals surface area contributed by atoms with Crippen molar-refractivity contribution in [1.82, 2.24) is 9.80 Å². The highest BCUT2D eigenvalue weighted by atomic mass is 16.7. The fourth-order valence-corrected chi connectivity index (χ4v) is 5.34. The fraction of sp³-hybridized carbons (Fsp3) is 0.462. The lowest BCUT2D eigenvalue weighted by Gasteiger charge is -2.40. The topological polar surface area (TPSA) is 80.3 Å². The number of carbonyl (C=O) groups excluding carboxylic acids is 2. The maximum absolute atomic E-state index is 13.5. The lowest BCUT2D eigenvalue weighted by Crippen LogP contribution is -2.56. The predicted octanol–water partition coefficient (Wildman–Crippen LogP) is 3.38. The van der Waals surface area contributed by atoms with E-state index in [9.17, 15) is 9.59 Å². The van der Waals surface area contributed by atoms with Crippen molar-refractivity contribution < 1.29 is 23.8 Å². The Balaban J connectivity index is 1.27. The van der Waals surface area contributed by atoms with Crippen molar-refractivity contribution >= 4 is 17.5 Å². The molecule has 1 saturated carbocycles. The lowest BCUT2D eigenvalue weighted by atomic mass is 9.94. The summed E-state index contributed by atoms with van der Waals surface area (Å²) in [5, 5.41) is 3.11. The number of anilines is 1. The van der Waals surface area contributed by atoms with Crippen molar-refractivity contribution in [1.29, 1.82) is 0 Å². The summed E-state index contributed by atoms with van der Waals surface area (Å²) in [7, 11) is 1.58. The Bertz CT molecular complexity index is 1040. The molecule has 1 saturated heterocycles. The van der Waals surface area contributed by atoms with Gasteiger partial charge in [-0.15, -0.1) is 0 Å². The van der Waals surface area contributed by atoms with Crippen molar-refractivity contribution in [2.24, 2.45) is 5.92 Å². The van der Waals surface area contributed by atoms with Gasteiger partial charge in [0.2, 0.25) is 12.7 Å². The molecule has 0 radical (unpaired) electrons. The van der Waals surface area contributed by atoms with Gasteiger partial charge in [-0.1, -0.05) is 25.0 Å². The number of nitrogens with one attached hydrogen (secondary N) is 1. The van der Waals surface area contributed by atoms with Crippen molar-refractivity contribution in [2.75, 3.05) is 45.4 Å². The van der Waals surface area contributed by atoms with Crippen LogP contribution in [0.2, 0.25) is 0 Å². The van der Waals surface area contributed by atoms with Gasteiger partial charge in [0, 0.05) is 37.9 Å². The number of ether oxygens (including phenoxy) is 3. The molecule has 8 heteroatoms. The molecule has 1 N–H and O–H groups in total. The van der Waals surface area contributed by atoms with Crippen LogP contribution < -0.4 is 19.5 Å². The van der Waals surface area contributed by atoms with Crippen LogP contribution in [0.1, 0.15) is 36.0 Å². The predicted molar refractivity (Wildman–Crippen MR) is 127 cm³/mol. The van der Waals surface area contributed by atoms with Crippen LogP contribution >= 0.6 is 0 Å². The standard InChI is InChI=1S/C26H31N3O5/c1-32-21-9-5-4-8-20(21)26(31)29-14-12-28(13-15-29)24(18-6-2-3-7-18)25(30)27-19-10-11-22-23(16-19)34-17-33-22/h4-5,8-11,16,18,24H,2-3,6-7,12-15,17H2,1H3,(H,27,30)/t24-/m1/s1. The minimum Gasteiger partial charge on any atom is -0.496 e. The SMILES string of the molecule is COc1ccccc1C(=O)N1CCN([C@@H](C(=O)Nc2ccc3c(c2)OCO3)C2CCCC2)CC1. The van der Waals surface area contributed by atoms with Crippen molar-refractivity contribution in [3.63, 3.8) is 0 Å². The Kier molecular flexibility index (Phi) is 6.58. The number of nitrogens with zero attached hydrogens (tertiary/aromatic N) is 2. The number of methoxy groups -OCH3 is 1. The van der Waals surface area contributed by atoms with E-state index in [0.29, 0.717) is 60.6 Å². The van der Waals surface area contributed by atoms with Crippen LogP contribution in [-0.4, -0.2) is 67.7 Å². The second-order valence-corrected chi connectivity index (χ2v) is 9.08. The number of hydrogen-bond acceptors (Lipinski definition) is 6. The van der Waals surface area contributed by atoms with Gasteiger partial charge in [-0.05, 0) is 43.0 Å². The molecule has 0 spiro atoms. The number of hydrogen-bond donors (Lipinski definition) is 1. The van der Waals surface area contributed by atoms with Crippen LogP contribution in [0, 0.1) is 5.92 Å². The van der Waals surface area contributed by atoms with Gasteiger partial charge in [0.25, 0.3) is 5.91 Å². The molecule has 2 heterocycles. The molecule has 0 aromatic heterocycles. The zero-order chi connectivity index (χ0) is 23.5. The number of amides is 2. The van der Waals surface area contributed by atoms with E-state index in [1.54, 1.807) is 19.2 Å². The Morgan fingerprint density at radius 2 is 1.74 bits per heavy atom. The molecular formula is C26H31N3O5. The molecule has 0 unspecified atom stereocenters. The summed E-state index contributed by atoms with van der Waals surface area (Å²) in [6, 6.07) is 12.6. The first-order valence-corrected chi connectivity index (χ1v) is 12.0. The summed E-state index contributed by atoms with van der Waals surface area (Å²) < 4.78 is 16.2. The smallest absolute Gasteiger partial charge is 0.257 e. The number of para-hydroxylation sites is 1. The monoisotopic (exact) mass is 465 g/mol. The summed E-state index contributed by atoms with van der Waals surface area (Å²) in [6.07, 6.45) is 4.43. The quantitative estimate of drug-likeness (QED) is 0.705. The molecule has 2 aromatic rings. The van der Waals surface area contributed by atoms with Crippen molar-refractivity contribution in [2.45, 2.75) is 31.7 Å². The van der Waals surface area contributed by atoms with E-state index in [0.717, 1.165) is 25.7 Å². The van der Waals surface area contributed by atoms with E-state index < -0.39 is 0 Å². The van der Waals surface area contributed by atoms with E-state index in [1.807, 2.05) is 35.2 Å². The van der Waals surface area contributed by atoms with E-state index >= 15 is 0 Å². The Labute approximate surface area is 199 Å². The molecule has 1 aliphatic carbocycles. The summed E-state index contributed by atoms with van der Waals surface area (Å²) in [5.41, 5.74) is 1.29. The third-order valence-corrected chi connectivity index (χ3v) is 7.09. The molecule has 3 aliphatic rings. The highest BCUT2D eigenvalue weighted by Crippen LogP contribution is 2.35. The second-order valence-electron chi connectivity index (χ2n) is 9.08. The zero-order valence-corrected chi connectivity index (χ0v) is 19.5. The molecule has 180 valence electrons. The Morgan fingerprint density at radius 1 is 1.00 bits per heavy atom. The number of fused-ring (bicyclic) bond motifs is 1. The minimum absolute atomic E-state index is 0.00951. The second kappa shape index (κ2) is 9.93. The summed E-state index contributed by atoms with van der Waals surface area (Å²) >= 11 is 0. The average molecular weight is 466 g/mol. The van der Waals surface area contributed by atoms with Gasteiger partial charge in [-0.25, -0.2) is 0 Å². The summed E-state index contributed by atoms with van der Waals surface area (Å²) in [5.74, 6) is 2.24. The largest absolute Gasteiger partial charge is 0.496 e. The molecule has 2 aromatic carbocycles. The van der Waals surface area contributed by atoms with Gasteiger partial charge in [0.1, 0.15) is 5.75 Å².